The second-order valence-corrected chi connectivity index (χ2v) is 5.00. The Bertz CT molecular complexity index is 922. The summed E-state index contributed by atoms with van der Waals surface area (Å²) in [6.07, 6.45) is 0. The molecule has 0 unspecified atom stereocenters. The van der Waals surface area contributed by atoms with Gasteiger partial charge in [-0.25, -0.2) is 4.68 Å². The zero-order chi connectivity index (χ0) is 13.5. The van der Waals surface area contributed by atoms with E-state index in [0.717, 1.165) is 16.7 Å². The van der Waals surface area contributed by atoms with Gasteiger partial charge in [-0.15, -0.1) is 5.10 Å². The Kier molecular flexibility index (Phi) is 2.33. The number of aryl methyl sites for hydroxylation is 1. The van der Waals surface area contributed by atoms with Crippen molar-refractivity contribution in [3.8, 4) is 5.69 Å². The molecule has 0 bridgehead atoms. The molecule has 1 aromatic heterocycles. The summed E-state index contributed by atoms with van der Waals surface area (Å²) in [5.74, 6) is 0. The summed E-state index contributed by atoms with van der Waals surface area (Å²) in [5, 5.41) is 11.0. The van der Waals surface area contributed by atoms with Gasteiger partial charge in [0.05, 0.1) is 11.2 Å². The van der Waals surface area contributed by atoms with Crippen LogP contribution in [0, 0.1) is 6.92 Å². The van der Waals surface area contributed by atoms with Crippen molar-refractivity contribution < 1.29 is 0 Å². The first kappa shape index (κ1) is 11.2. The summed E-state index contributed by atoms with van der Waals surface area (Å²) in [5.41, 5.74) is 4.24. The van der Waals surface area contributed by atoms with E-state index in [1.165, 1.54) is 16.3 Å². The lowest BCUT2D eigenvalue weighted by atomic mass is 10.1. The van der Waals surface area contributed by atoms with Gasteiger partial charge in [-0.3, -0.25) is 0 Å². The van der Waals surface area contributed by atoms with Crippen LogP contribution >= 0.6 is 0 Å². The second-order valence-electron chi connectivity index (χ2n) is 5.00. The van der Waals surface area contributed by atoms with Crippen molar-refractivity contribution in [2.75, 3.05) is 0 Å². The van der Waals surface area contributed by atoms with Crippen molar-refractivity contribution >= 4 is 21.8 Å². The molecule has 96 valence electrons. The lowest BCUT2D eigenvalue weighted by Gasteiger charge is -2.08. The molecule has 4 aromatic rings. The van der Waals surface area contributed by atoms with Crippen LogP contribution in [0.4, 0.5) is 0 Å². The first-order valence-electron chi connectivity index (χ1n) is 6.63. The number of para-hydroxylation sites is 1. The summed E-state index contributed by atoms with van der Waals surface area (Å²) < 4.78 is 1.92. The first-order valence-corrected chi connectivity index (χ1v) is 6.63. The third kappa shape index (κ3) is 1.60. The second kappa shape index (κ2) is 4.17. The van der Waals surface area contributed by atoms with Gasteiger partial charge in [0.2, 0.25) is 0 Å². The number of benzene rings is 3. The van der Waals surface area contributed by atoms with E-state index in [9.17, 15) is 0 Å². The maximum absolute atomic E-state index is 4.32. The maximum atomic E-state index is 4.32. The maximum Gasteiger partial charge on any atom is 0.113 e. The van der Waals surface area contributed by atoms with E-state index in [0.29, 0.717) is 0 Å². The normalized spacial score (nSPS) is 11.2. The fourth-order valence-electron chi connectivity index (χ4n) is 2.66. The van der Waals surface area contributed by atoms with E-state index >= 15 is 0 Å². The minimum absolute atomic E-state index is 0.915. The van der Waals surface area contributed by atoms with Crippen LogP contribution in [0.1, 0.15) is 5.56 Å². The molecule has 0 aliphatic carbocycles. The molecule has 4 rings (SSSR count). The Hall–Kier alpha value is -2.68. The van der Waals surface area contributed by atoms with Crippen molar-refractivity contribution in [1.82, 2.24) is 15.0 Å². The van der Waals surface area contributed by atoms with Gasteiger partial charge in [0.1, 0.15) is 5.52 Å². The summed E-state index contributed by atoms with van der Waals surface area (Å²) in [6, 6.07) is 20.7. The molecule has 0 atom stereocenters. The van der Waals surface area contributed by atoms with Crippen LogP contribution in [0.3, 0.4) is 0 Å². The number of hydrogen-bond acceptors (Lipinski definition) is 2. The van der Waals surface area contributed by atoms with E-state index in [2.05, 4.69) is 53.6 Å². The molecular formula is C17H13N3. The highest BCUT2D eigenvalue weighted by atomic mass is 15.4. The van der Waals surface area contributed by atoms with Crippen molar-refractivity contribution in [1.29, 1.82) is 0 Å². The molecule has 1 heterocycles. The molecule has 0 radical (unpaired) electrons. The predicted molar refractivity (Wildman–Crippen MR) is 81.1 cm³/mol. The number of aromatic nitrogens is 3. The molecule has 3 nitrogen and oxygen atoms in total. The predicted octanol–water partition coefficient (Wildman–Crippen LogP) is 3.88. The molecule has 3 aromatic carbocycles. The van der Waals surface area contributed by atoms with Gasteiger partial charge < -0.3 is 0 Å². The van der Waals surface area contributed by atoms with E-state index < -0.39 is 0 Å². The minimum atomic E-state index is 0.915. The number of fused-ring (bicyclic) bond motifs is 2. The molecule has 0 aliphatic heterocycles. The van der Waals surface area contributed by atoms with E-state index in [1.54, 1.807) is 0 Å². The van der Waals surface area contributed by atoms with Gasteiger partial charge in [-0.2, -0.15) is 0 Å². The summed E-state index contributed by atoms with van der Waals surface area (Å²) >= 11 is 0. The number of nitrogens with zero attached hydrogens (tertiary/aromatic N) is 3. The SMILES string of the molecule is Cc1cc(-n2nnc3ccccc32)c2ccccc2c1. The van der Waals surface area contributed by atoms with Crippen molar-refractivity contribution in [2.45, 2.75) is 6.92 Å². The van der Waals surface area contributed by atoms with Crippen molar-refractivity contribution in [2.24, 2.45) is 0 Å². The molecule has 0 saturated heterocycles. The van der Waals surface area contributed by atoms with Crippen molar-refractivity contribution in [3.63, 3.8) is 0 Å². The largest absolute Gasteiger partial charge is 0.212 e. The van der Waals surface area contributed by atoms with Gasteiger partial charge >= 0.3 is 0 Å². The van der Waals surface area contributed by atoms with Crippen LogP contribution in [0.25, 0.3) is 27.5 Å². The van der Waals surface area contributed by atoms with E-state index in [-0.39, 0.29) is 0 Å². The monoisotopic (exact) mass is 259 g/mol. The fraction of sp³-hybridized carbons (Fsp3) is 0.0588. The Labute approximate surface area is 116 Å². The molecule has 20 heavy (non-hydrogen) atoms. The molecule has 0 aliphatic rings. The third-order valence-corrected chi connectivity index (χ3v) is 3.56. The van der Waals surface area contributed by atoms with Gasteiger partial charge in [0.15, 0.2) is 0 Å². The lowest BCUT2D eigenvalue weighted by molar-refractivity contribution is 0.828. The standard InChI is InChI=1S/C17H13N3/c1-12-10-13-6-2-3-7-14(13)17(11-12)20-16-9-5-4-8-15(16)18-19-20/h2-11H,1H3. The first-order chi connectivity index (χ1) is 9.83. The summed E-state index contributed by atoms with van der Waals surface area (Å²) in [6.45, 7) is 2.11. The van der Waals surface area contributed by atoms with Gasteiger partial charge in [-0.05, 0) is 36.1 Å². The Balaban J connectivity index is 2.12. The van der Waals surface area contributed by atoms with E-state index in [1.807, 2.05) is 28.9 Å². The Morgan fingerprint density at radius 1 is 0.900 bits per heavy atom. The summed E-state index contributed by atoms with van der Waals surface area (Å²) in [7, 11) is 0. The molecule has 0 spiro atoms. The average Bonchev–Trinajstić information content (AvgIpc) is 2.90. The Morgan fingerprint density at radius 2 is 1.70 bits per heavy atom. The van der Waals surface area contributed by atoms with Crippen LogP contribution < -0.4 is 0 Å². The van der Waals surface area contributed by atoms with Crippen LogP contribution in [0.5, 0.6) is 0 Å². The highest BCUT2D eigenvalue weighted by Crippen LogP contribution is 2.26. The van der Waals surface area contributed by atoms with Crippen LogP contribution in [-0.4, -0.2) is 15.0 Å². The zero-order valence-electron chi connectivity index (χ0n) is 11.1. The molecule has 0 fully saturated rings. The zero-order valence-corrected chi connectivity index (χ0v) is 11.1. The third-order valence-electron chi connectivity index (χ3n) is 3.56. The highest BCUT2D eigenvalue weighted by molar-refractivity contribution is 5.92. The number of rotatable bonds is 1. The van der Waals surface area contributed by atoms with Crippen LogP contribution in [-0.2, 0) is 0 Å². The summed E-state index contributed by atoms with van der Waals surface area (Å²) in [4.78, 5) is 0. The van der Waals surface area contributed by atoms with E-state index in [4.69, 9.17) is 0 Å². The molecule has 3 heteroatoms. The Morgan fingerprint density at radius 3 is 2.65 bits per heavy atom. The highest BCUT2D eigenvalue weighted by Gasteiger charge is 2.09. The topological polar surface area (TPSA) is 30.7 Å². The average molecular weight is 259 g/mol. The van der Waals surface area contributed by atoms with Crippen LogP contribution in [0.15, 0.2) is 60.7 Å². The lowest BCUT2D eigenvalue weighted by Crippen LogP contribution is -1.98. The smallest absolute Gasteiger partial charge is 0.113 e. The van der Waals surface area contributed by atoms with Gasteiger partial charge in [0, 0.05) is 5.39 Å². The van der Waals surface area contributed by atoms with Crippen LogP contribution in [0.2, 0.25) is 0 Å². The van der Waals surface area contributed by atoms with Gasteiger partial charge in [-0.1, -0.05) is 47.7 Å². The molecule has 0 saturated carbocycles. The fourth-order valence-corrected chi connectivity index (χ4v) is 2.66. The molecule has 0 amide bonds. The number of hydrogen-bond donors (Lipinski definition) is 0. The molecule has 0 N–H and O–H groups in total. The van der Waals surface area contributed by atoms with Gasteiger partial charge in [0.25, 0.3) is 0 Å². The molecular weight excluding hydrogens is 246 g/mol. The minimum Gasteiger partial charge on any atom is -0.212 e. The van der Waals surface area contributed by atoms with Crippen molar-refractivity contribution in [3.05, 3.63) is 66.2 Å². The quantitative estimate of drug-likeness (QED) is 0.519.